The monoisotopic (exact) mass is 331 g/mol. The van der Waals surface area contributed by atoms with E-state index in [9.17, 15) is 4.79 Å². The summed E-state index contributed by atoms with van der Waals surface area (Å²) in [5, 5.41) is 0. The molecule has 0 aliphatic carbocycles. The Morgan fingerprint density at radius 1 is 1.42 bits per heavy atom. The molecule has 0 radical (unpaired) electrons. The minimum atomic E-state index is -0.0441. The molecule has 2 aromatic heterocycles. The van der Waals surface area contributed by atoms with Crippen molar-refractivity contribution >= 4 is 5.91 Å². The van der Waals surface area contributed by atoms with E-state index in [0.29, 0.717) is 18.0 Å². The number of oxazole rings is 1. The molecular weight excluding hydrogens is 306 g/mol. The van der Waals surface area contributed by atoms with Crippen molar-refractivity contribution in [3.05, 3.63) is 36.1 Å². The molecule has 3 rings (SSSR count). The van der Waals surface area contributed by atoms with Gasteiger partial charge in [0.25, 0.3) is 5.91 Å². The van der Waals surface area contributed by atoms with Gasteiger partial charge in [0.15, 0.2) is 12.1 Å². The third-order valence-electron chi connectivity index (χ3n) is 4.56. The highest BCUT2D eigenvalue weighted by atomic mass is 16.3. The maximum atomic E-state index is 12.7. The first-order valence-corrected chi connectivity index (χ1v) is 8.41. The van der Waals surface area contributed by atoms with Gasteiger partial charge in [-0.1, -0.05) is 0 Å². The number of piperidine rings is 1. The summed E-state index contributed by atoms with van der Waals surface area (Å²) >= 11 is 0. The normalized spacial score (nSPS) is 18.3. The largest absolute Gasteiger partial charge is 0.448 e. The molecule has 1 unspecified atom stereocenters. The van der Waals surface area contributed by atoms with Crippen LogP contribution in [0.3, 0.4) is 0 Å². The molecule has 1 aliphatic heterocycles. The zero-order chi connectivity index (χ0) is 17.1. The quantitative estimate of drug-likeness (QED) is 0.835. The van der Waals surface area contributed by atoms with Crippen LogP contribution in [-0.4, -0.2) is 64.0 Å². The van der Waals surface area contributed by atoms with Crippen molar-refractivity contribution in [2.24, 2.45) is 0 Å². The van der Waals surface area contributed by atoms with E-state index in [1.54, 1.807) is 6.92 Å². The standard InChI is InChI=1S/C17H25N5O2/c1-13-15(19-12-24-13)17(23)22-7-4-5-14(11-22)16-18-6-8-21(16)10-9-20(2)3/h6,8,12,14H,4-5,7,9-11H2,1-3H3. The Morgan fingerprint density at radius 3 is 2.96 bits per heavy atom. The third-order valence-corrected chi connectivity index (χ3v) is 4.56. The Bertz CT molecular complexity index is 691. The Kier molecular flexibility index (Phi) is 4.99. The van der Waals surface area contributed by atoms with E-state index < -0.39 is 0 Å². The molecule has 2 aromatic rings. The van der Waals surface area contributed by atoms with Gasteiger partial charge in [0, 0.05) is 44.5 Å². The van der Waals surface area contributed by atoms with Crippen molar-refractivity contribution in [2.45, 2.75) is 32.2 Å². The van der Waals surface area contributed by atoms with Crippen LogP contribution in [0, 0.1) is 6.92 Å². The highest BCUT2D eigenvalue weighted by Crippen LogP contribution is 2.27. The molecule has 1 aliphatic rings. The van der Waals surface area contributed by atoms with Crippen molar-refractivity contribution in [3.63, 3.8) is 0 Å². The first-order valence-electron chi connectivity index (χ1n) is 8.41. The predicted octanol–water partition coefficient (Wildman–Crippen LogP) is 1.76. The number of carbonyl (C=O) groups is 1. The van der Waals surface area contributed by atoms with Gasteiger partial charge < -0.3 is 18.8 Å². The van der Waals surface area contributed by atoms with Crippen LogP contribution in [0.2, 0.25) is 0 Å². The van der Waals surface area contributed by atoms with Gasteiger partial charge in [0.1, 0.15) is 11.6 Å². The molecule has 0 aromatic carbocycles. The lowest BCUT2D eigenvalue weighted by Crippen LogP contribution is -2.40. The molecule has 1 atom stereocenters. The molecule has 0 spiro atoms. The van der Waals surface area contributed by atoms with Gasteiger partial charge in [-0.3, -0.25) is 4.79 Å². The predicted molar refractivity (Wildman–Crippen MR) is 89.9 cm³/mol. The third kappa shape index (κ3) is 3.51. The maximum absolute atomic E-state index is 12.7. The molecule has 0 saturated carbocycles. The molecule has 0 N–H and O–H groups in total. The van der Waals surface area contributed by atoms with Gasteiger partial charge in [0.05, 0.1) is 0 Å². The second-order valence-corrected chi connectivity index (χ2v) is 6.63. The summed E-state index contributed by atoms with van der Waals surface area (Å²) in [6.07, 6.45) is 7.25. The van der Waals surface area contributed by atoms with E-state index in [2.05, 4.69) is 33.5 Å². The number of rotatable bonds is 5. The summed E-state index contributed by atoms with van der Waals surface area (Å²) in [5.74, 6) is 1.88. The number of aryl methyl sites for hydroxylation is 1. The molecule has 24 heavy (non-hydrogen) atoms. The molecule has 3 heterocycles. The highest BCUT2D eigenvalue weighted by Gasteiger charge is 2.29. The van der Waals surface area contributed by atoms with Crippen LogP contribution in [-0.2, 0) is 6.54 Å². The number of carbonyl (C=O) groups excluding carboxylic acids is 1. The van der Waals surface area contributed by atoms with E-state index in [1.807, 2.05) is 17.3 Å². The summed E-state index contributed by atoms with van der Waals surface area (Å²) in [6.45, 7) is 5.10. The van der Waals surface area contributed by atoms with Gasteiger partial charge in [-0.15, -0.1) is 0 Å². The van der Waals surface area contributed by atoms with Gasteiger partial charge in [-0.25, -0.2) is 9.97 Å². The van der Waals surface area contributed by atoms with Gasteiger partial charge in [0.2, 0.25) is 0 Å². The summed E-state index contributed by atoms with van der Waals surface area (Å²) in [6, 6.07) is 0. The van der Waals surface area contributed by atoms with E-state index >= 15 is 0 Å². The van der Waals surface area contributed by atoms with Crippen LogP contribution in [0.1, 0.15) is 40.8 Å². The Morgan fingerprint density at radius 2 is 2.25 bits per heavy atom. The van der Waals surface area contributed by atoms with E-state index in [4.69, 9.17) is 4.42 Å². The number of imidazole rings is 1. The van der Waals surface area contributed by atoms with Crippen molar-refractivity contribution in [1.29, 1.82) is 0 Å². The lowest BCUT2D eigenvalue weighted by molar-refractivity contribution is 0.0696. The van der Waals surface area contributed by atoms with Crippen LogP contribution < -0.4 is 0 Å². The average Bonchev–Trinajstić information content (AvgIpc) is 3.21. The number of amides is 1. The molecule has 7 nitrogen and oxygen atoms in total. The van der Waals surface area contributed by atoms with Gasteiger partial charge in [-0.05, 0) is 33.9 Å². The topological polar surface area (TPSA) is 67.4 Å². The molecule has 130 valence electrons. The van der Waals surface area contributed by atoms with Crippen LogP contribution in [0.25, 0.3) is 0 Å². The smallest absolute Gasteiger partial charge is 0.276 e. The molecular formula is C17H25N5O2. The minimum Gasteiger partial charge on any atom is -0.448 e. The van der Waals surface area contributed by atoms with Crippen molar-refractivity contribution < 1.29 is 9.21 Å². The molecule has 1 fully saturated rings. The van der Waals surface area contributed by atoms with Crippen molar-refractivity contribution in [1.82, 2.24) is 24.3 Å². The van der Waals surface area contributed by atoms with Crippen LogP contribution >= 0.6 is 0 Å². The summed E-state index contributed by atoms with van der Waals surface area (Å²) in [5.41, 5.74) is 0.423. The van der Waals surface area contributed by atoms with Gasteiger partial charge >= 0.3 is 0 Å². The number of nitrogens with zero attached hydrogens (tertiary/aromatic N) is 5. The average molecular weight is 331 g/mol. The number of hydrogen-bond acceptors (Lipinski definition) is 5. The number of likely N-dealkylation sites (N-methyl/N-ethyl adjacent to an activating group) is 1. The minimum absolute atomic E-state index is 0.0441. The second kappa shape index (κ2) is 7.17. The zero-order valence-electron chi connectivity index (χ0n) is 14.6. The van der Waals surface area contributed by atoms with Crippen molar-refractivity contribution in [2.75, 3.05) is 33.7 Å². The van der Waals surface area contributed by atoms with Gasteiger partial charge in [-0.2, -0.15) is 0 Å². The summed E-state index contributed by atoms with van der Waals surface area (Å²) in [4.78, 5) is 25.3. The number of hydrogen-bond donors (Lipinski definition) is 0. The van der Waals surface area contributed by atoms with Crippen LogP contribution in [0.5, 0.6) is 0 Å². The summed E-state index contributed by atoms with van der Waals surface area (Å²) < 4.78 is 7.38. The molecule has 7 heteroatoms. The maximum Gasteiger partial charge on any atom is 0.276 e. The zero-order valence-corrected chi connectivity index (χ0v) is 14.6. The van der Waals surface area contributed by atoms with E-state index in [0.717, 1.165) is 38.3 Å². The SMILES string of the molecule is Cc1ocnc1C(=O)N1CCCC(c2nccn2CCN(C)C)C1. The van der Waals surface area contributed by atoms with E-state index in [-0.39, 0.29) is 11.8 Å². The lowest BCUT2D eigenvalue weighted by Gasteiger charge is -2.32. The number of aromatic nitrogens is 3. The molecule has 1 saturated heterocycles. The van der Waals surface area contributed by atoms with Crippen LogP contribution in [0.15, 0.2) is 23.2 Å². The second-order valence-electron chi connectivity index (χ2n) is 6.63. The fourth-order valence-corrected chi connectivity index (χ4v) is 3.21. The lowest BCUT2D eigenvalue weighted by atomic mass is 9.96. The fourth-order valence-electron chi connectivity index (χ4n) is 3.21. The fraction of sp³-hybridized carbons (Fsp3) is 0.588. The first-order chi connectivity index (χ1) is 11.6. The highest BCUT2D eigenvalue weighted by molar-refractivity contribution is 5.93. The molecule has 0 bridgehead atoms. The van der Waals surface area contributed by atoms with Crippen LogP contribution in [0.4, 0.5) is 0 Å². The van der Waals surface area contributed by atoms with Crippen molar-refractivity contribution in [3.8, 4) is 0 Å². The first kappa shape index (κ1) is 16.7. The Hall–Kier alpha value is -2.15. The van der Waals surface area contributed by atoms with E-state index in [1.165, 1.54) is 6.39 Å². The number of likely N-dealkylation sites (tertiary alicyclic amines) is 1. The Labute approximate surface area is 142 Å². The Balaban J connectivity index is 1.71. The summed E-state index contributed by atoms with van der Waals surface area (Å²) in [7, 11) is 4.13. The molecule has 1 amide bonds.